The molecule has 1 heterocycles. The molecular formula is C12H18N4O3. The summed E-state index contributed by atoms with van der Waals surface area (Å²) in [6.07, 6.45) is 0.799. The van der Waals surface area contributed by atoms with Gasteiger partial charge in [-0.25, -0.2) is 0 Å². The van der Waals surface area contributed by atoms with E-state index in [1.807, 2.05) is 13.8 Å². The Morgan fingerprint density at radius 3 is 2.53 bits per heavy atom. The summed E-state index contributed by atoms with van der Waals surface area (Å²) in [5, 5.41) is 19.2. The number of hydrogen-bond acceptors (Lipinski definition) is 5. The summed E-state index contributed by atoms with van der Waals surface area (Å²) < 4.78 is 0. The molecular weight excluding hydrogens is 248 g/mol. The molecule has 0 atom stereocenters. The van der Waals surface area contributed by atoms with Crippen molar-refractivity contribution in [2.24, 2.45) is 0 Å². The van der Waals surface area contributed by atoms with Crippen molar-refractivity contribution < 1.29 is 14.7 Å². The summed E-state index contributed by atoms with van der Waals surface area (Å²) in [6, 6.07) is 3.15. The average Bonchev–Trinajstić information content (AvgIpc) is 2.38. The van der Waals surface area contributed by atoms with Crippen molar-refractivity contribution in [2.45, 2.75) is 20.3 Å². The van der Waals surface area contributed by atoms with Crippen LogP contribution in [0.4, 0.5) is 5.82 Å². The Morgan fingerprint density at radius 2 is 2.05 bits per heavy atom. The second kappa shape index (κ2) is 7.30. The zero-order chi connectivity index (χ0) is 14.3. The van der Waals surface area contributed by atoms with Crippen molar-refractivity contribution in [3.63, 3.8) is 0 Å². The summed E-state index contributed by atoms with van der Waals surface area (Å²) in [4.78, 5) is 23.9. The van der Waals surface area contributed by atoms with E-state index in [2.05, 4.69) is 15.5 Å². The van der Waals surface area contributed by atoms with Crippen LogP contribution in [0.1, 0.15) is 30.8 Å². The predicted molar refractivity (Wildman–Crippen MR) is 70.2 cm³/mol. The zero-order valence-electron chi connectivity index (χ0n) is 11.1. The first-order chi connectivity index (χ1) is 9.08. The van der Waals surface area contributed by atoms with E-state index in [1.165, 1.54) is 6.07 Å². The lowest BCUT2D eigenvalue weighted by atomic mass is 10.3. The van der Waals surface area contributed by atoms with E-state index in [0.29, 0.717) is 18.9 Å². The first kappa shape index (κ1) is 14.9. The number of amides is 1. The number of carboxylic acid groups (broad SMARTS) is 1. The molecule has 1 amide bonds. The van der Waals surface area contributed by atoms with Crippen LogP contribution in [0.15, 0.2) is 12.1 Å². The van der Waals surface area contributed by atoms with Crippen LogP contribution in [-0.4, -0.2) is 46.8 Å². The normalized spacial score (nSPS) is 10.0. The number of carbonyl (C=O) groups excluding carboxylic acids is 1. The number of aromatic nitrogens is 2. The second-order valence-electron chi connectivity index (χ2n) is 3.95. The molecule has 1 aromatic heterocycles. The Hall–Kier alpha value is -2.18. The van der Waals surface area contributed by atoms with Gasteiger partial charge in [-0.3, -0.25) is 9.59 Å². The first-order valence-electron chi connectivity index (χ1n) is 6.17. The van der Waals surface area contributed by atoms with Crippen molar-refractivity contribution in [3.05, 3.63) is 17.8 Å². The Morgan fingerprint density at radius 1 is 1.32 bits per heavy atom. The number of anilines is 1. The smallest absolute Gasteiger partial charge is 0.323 e. The fourth-order valence-corrected chi connectivity index (χ4v) is 1.57. The minimum atomic E-state index is -0.928. The molecule has 0 bridgehead atoms. The van der Waals surface area contributed by atoms with E-state index in [0.717, 1.165) is 6.42 Å². The average molecular weight is 266 g/mol. The van der Waals surface area contributed by atoms with Gasteiger partial charge in [0.15, 0.2) is 11.5 Å². The highest BCUT2D eigenvalue weighted by atomic mass is 16.4. The number of nitrogens with one attached hydrogen (secondary N) is 1. The zero-order valence-corrected chi connectivity index (χ0v) is 11.1. The fourth-order valence-electron chi connectivity index (χ4n) is 1.57. The Bertz CT molecular complexity index is 433. The number of rotatable bonds is 7. The third kappa shape index (κ3) is 4.53. The van der Waals surface area contributed by atoms with Gasteiger partial charge in [0, 0.05) is 13.1 Å². The van der Waals surface area contributed by atoms with Gasteiger partial charge in [0.25, 0.3) is 5.91 Å². The van der Waals surface area contributed by atoms with Crippen LogP contribution >= 0.6 is 0 Å². The van der Waals surface area contributed by atoms with Gasteiger partial charge in [0.2, 0.25) is 0 Å². The van der Waals surface area contributed by atoms with Gasteiger partial charge < -0.3 is 15.3 Å². The Balaban J connectivity index is 2.82. The van der Waals surface area contributed by atoms with Gasteiger partial charge in [-0.15, -0.1) is 10.2 Å². The molecule has 0 aromatic carbocycles. The standard InChI is InChI=1S/C12H18N4O3/c1-3-7-16(8-11(17)18)10-6-5-9(14-15-10)12(19)13-4-2/h5-6H,3-4,7-8H2,1-2H3,(H,13,19)(H,17,18). The van der Waals surface area contributed by atoms with Crippen molar-refractivity contribution in [1.82, 2.24) is 15.5 Å². The highest BCUT2D eigenvalue weighted by Crippen LogP contribution is 2.10. The van der Waals surface area contributed by atoms with Gasteiger partial charge in [-0.1, -0.05) is 6.92 Å². The molecule has 0 aliphatic heterocycles. The maximum Gasteiger partial charge on any atom is 0.323 e. The molecule has 7 heteroatoms. The predicted octanol–water partition coefficient (Wildman–Crippen LogP) is 0.527. The topological polar surface area (TPSA) is 95.4 Å². The van der Waals surface area contributed by atoms with Crippen molar-refractivity contribution in [1.29, 1.82) is 0 Å². The molecule has 0 radical (unpaired) electrons. The fraction of sp³-hybridized carbons (Fsp3) is 0.500. The van der Waals surface area contributed by atoms with E-state index in [9.17, 15) is 9.59 Å². The summed E-state index contributed by atoms with van der Waals surface area (Å²) in [6.45, 7) is 4.72. The van der Waals surface area contributed by atoms with Crippen molar-refractivity contribution in [3.8, 4) is 0 Å². The Labute approximate surface area is 111 Å². The molecule has 0 saturated carbocycles. The molecule has 7 nitrogen and oxygen atoms in total. The third-order valence-corrected chi connectivity index (χ3v) is 2.36. The third-order valence-electron chi connectivity index (χ3n) is 2.36. The lowest BCUT2D eigenvalue weighted by molar-refractivity contribution is -0.135. The molecule has 0 spiro atoms. The van der Waals surface area contributed by atoms with E-state index >= 15 is 0 Å². The van der Waals surface area contributed by atoms with E-state index in [4.69, 9.17) is 5.11 Å². The molecule has 104 valence electrons. The maximum absolute atomic E-state index is 11.5. The minimum Gasteiger partial charge on any atom is -0.480 e. The molecule has 1 rings (SSSR count). The molecule has 0 aliphatic carbocycles. The molecule has 1 aromatic rings. The number of carboxylic acids is 1. The number of hydrogen-bond donors (Lipinski definition) is 2. The van der Waals surface area contributed by atoms with Crippen LogP contribution in [-0.2, 0) is 4.79 Å². The van der Waals surface area contributed by atoms with Crippen molar-refractivity contribution >= 4 is 17.7 Å². The monoisotopic (exact) mass is 266 g/mol. The van der Waals surface area contributed by atoms with E-state index in [1.54, 1.807) is 11.0 Å². The molecule has 0 fully saturated rings. The molecule has 2 N–H and O–H groups in total. The summed E-state index contributed by atoms with van der Waals surface area (Å²) >= 11 is 0. The summed E-state index contributed by atoms with van der Waals surface area (Å²) in [7, 11) is 0. The number of nitrogens with zero attached hydrogens (tertiary/aromatic N) is 3. The molecule has 0 unspecified atom stereocenters. The van der Waals surface area contributed by atoms with Crippen LogP contribution < -0.4 is 10.2 Å². The summed E-state index contributed by atoms with van der Waals surface area (Å²) in [5.41, 5.74) is 0.220. The van der Waals surface area contributed by atoms with Crippen LogP contribution in [0.5, 0.6) is 0 Å². The summed E-state index contributed by atoms with van der Waals surface area (Å²) in [5.74, 6) is -0.762. The van der Waals surface area contributed by atoms with Crippen molar-refractivity contribution in [2.75, 3.05) is 24.5 Å². The lowest BCUT2D eigenvalue weighted by Crippen LogP contribution is -2.31. The van der Waals surface area contributed by atoms with Crippen LogP contribution in [0.25, 0.3) is 0 Å². The van der Waals surface area contributed by atoms with Gasteiger partial charge >= 0.3 is 5.97 Å². The quantitative estimate of drug-likeness (QED) is 0.747. The first-order valence-corrected chi connectivity index (χ1v) is 6.17. The minimum absolute atomic E-state index is 0.136. The van der Waals surface area contributed by atoms with Crippen LogP contribution in [0.2, 0.25) is 0 Å². The van der Waals surface area contributed by atoms with Gasteiger partial charge in [0.1, 0.15) is 6.54 Å². The van der Waals surface area contributed by atoms with Crippen LogP contribution in [0.3, 0.4) is 0 Å². The molecule has 0 saturated heterocycles. The maximum atomic E-state index is 11.5. The van der Waals surface area contributed by atoms with E-state index < -0.39 is 5.97 Å². The van der Waals surface area contributed by atoms with E-state index in [-0.39, 0.29) is 18.1 Å². The number of carbonyl (C=O) groups is 2. The van der Waals surface area contributed by atoms with Gasteiger partial charge in [-0.2, -0.15) is 0 Å². The SMILES string of the molecule is CCCN(CC(=O)O)c1ccc(C(=O)NCC)nn1. The van der Waals surface area contributed by atoms with Gasteiger partial charge in [0.05, 0.1) is 0 Å². The lowest BCUT2D eigenvalue weighted by Gasteiger charge is -2.20. The Kier molecular flexibility index (Phi) is 5.72. The second-order valence-corrected chi connectivity index (χ2v) is 3.95. The highest BCUT2D eigenvalue weighted by molar-refractivity contribution is 5.92. The highest BCUT2D eigenvalue weighted by Gasteiger charge is 2.13. The number of aliphatic carboxylic acids is 1. The molecule has 19 heavy (non-hydrogen) atoms. The van der Waals surface area contributed by atoms with Crippen LogP contribution in [0, 0.1) is 0 Å². The largest absolute Gasteiger partial charge is 0.480 e. The van der Waals surface area contributed by atoms with Gasteiger partial charge in [-0.05, 0) is 25.5 Å². The molecule has 0 aliphatic rings.